The number of morpholine rings is 1. The van der Waals surface area contributed by atoms with Gasteiger partial charge in [0.05, 0.1) is 19.8 Å². The number of nitrogens with one attached hydrogen (secondary N) is 1. The average Bonchev–Trinajstić information content (AvgIpc) is 2.74. The van der Waals surface area contributed by atoms with Crippen molar-refractivity contribution in [2.75, 3.05) is 38.2 Å². The van der Waals surface area contributed by atoms with Crippen LogP contribution in [0.25, 0.3) is 0 Å². The zero-order valence-electron chi connectivity index (χ0n) is 16.1. The standard InChI is InChI=1S/C22H26N2O4/c1-2-3-13-28-20-9-7-17(8-10-20)21(25)23-19-6-4-5-18(16-19)22(26)24-11-14-27-15-12-24/h4-10,16H,2-3,11-15H2,1H3,(H,23,25). The smallest absolute Gasteiger partial charge is 0.255 e. The molecule has 6 heteroatoms. The number of ether oxygens (including phenoxy) is 2. The van der Waals surface area contributed by atoms with Crippen LogP contribution in [-0.2, 0) is 4.74 Å². The lowest BCUT2D eigenvalue weighted by molar-refractivity contribution is 0.0303. The van der Waals surface area contributed by atoms with Crippen molar-refractivity contribution in [1.82, 2.24) is 4.90 Å². The van der Waals surface area contributed by atoms with Gasteiger partial charge in [-0.3, -0.25) is 9.59 Å². The second-order valence-electron chi connectivity index (χ2n) is 6.67. The Kier molecular flexibility index (Phi) is 7.03. The maximum atomic E-state index is 12.6. The molecule has 6 nitrogen and oxygen atoms in total. The molecule has 1 aliphatic heterocycles. The fraction of sp³-hybridized carbons (Fsp3) is 0.364. The first-order valence-electron chi connectivity index (χ1n) is 9.68. The molecule has 148 valence electrons. The first-order valence-corrected chi connectivity index (χ1v) is 9.68. The van der Waals surface area contributed by atoms with Crippen molar-refractivity contribution in [2.45, 2.75) is 19.8 Å². The molecule has 0 spiro atoms. The zero-order chi connectivity index (χ0) is 19.8. The summed E-state index contributed by atoms with van der Waals surface area (Å²) in [6.45, 7) is 5.07. The lowest BCUT2D eigenvalue weighted by Gasteiger charge is -2.27. The molecule has 2 aromatic carbocycles. The number of unbranched alkanes of at least 4 members (excludes halogenated alkanes) is 1. The molecule has 1 saturated heterocycles. The van der Waals surface area contributed by atoms with E-state index in [1.807, 2.05) is 0 Å². The van der Waals surface area contributed by atoms with Crippen LogP contribution in [0.4, 0.5) is 5.69 Å². The molecule has 0 aromatic heterocycles. The highest BCUT2D eigenvalue weighted by Crippen LogP contribution is 2.17. The van der Waals surface area contributed by atoms with Crippen molar-refractivity contribution in [3.05, 3.63) is 59.7 Å². The van der Waals surface area contributed by atoms with Gasteiger partial charge in [-0.2, -0.15) is 0 Å². The van der Waals surface area contributed by atoms with Crippen LogP contribution in [0.5, 0.6) is 5.75 Å². The summed E-state index contributed by atoms with van der Waals surface area (Å²) in [4.78, 5) is 26.9. The van der Waals surface area contributed by atoms with Crippen LogP contribution < -0.4 is 10.1 Å². The second kappa shape index (κ2) is 9.90. The van der Waals surface area contributed by atoms with Crippen molar-refractivity contribution in [3.8, 4) is 5.75 Å². The minimum Gasteiger partial charge on any atom is -0.494 e. The van der Waals surface area contributed by atoms with Crippen LogP contribution >= 0.6 is 0 Å². The van der Waals surface area contributed by atoms with Gasteiger partial charge in [-0.05, 0) is 48.9 Å². The fourth-order valence-corrected chi connectivity index (χ4v) is 2.92. The van der Waals surface area contributed by atoms with Crippen molar-refractivity contribution in [1.29, 1.82) is 0 Å². The number of hydrogen-bond acceptors (Lipinski definition) is 4. The Hall–Kier alpha value is -2.86. The highest BCUT2D eigenvalue weighted by atomic mass is 16.5. The summed E-state index contributed by atoms with van der Waals surface area (Å²) in [6.07, 6.45) is 2.08. The number of carbonyl (C=O) groups excluding carboxylic acids is 2. The quantitative estimate of drug-likeness (QED) is 0.743. The summed E-state index contributed by atoms with van der Waals surface area (Å²) in [5.74, 6) is 0.479. The van der Waals surface area contributed by atoms with Gasteiger partial charge < -0.3 is 19.7 Å². The summed E-state index contributed by atoms with van der Waals surface area (Å²) in [7, 11) is 0. The first kappa shape index (κ1) is 19.9. The van der Waals surface area contributed by atoms with Crippen molar-refractivity contribution in [2.24, 2.45) is 0 Å². The topological polar surface area (TPSA) is 67.9 Å². The fourth-order valence-electron chi connectivity index (χ4n) is 2.92. The van der Waals surface area contributed by atoms with E-state index >= 15 is 0 Å². The Labute approximate surface area is 165 Å². The van der Waals surface area contributed by atoms with E-state index in [0.29, 0.717) is 49.7 Å². The molecule has 1 fully saturated rings. The van der Waals surface area contributed by atoms with E-state index in [-0.39, 0.29) is 11.8 Å². The lowest BCUT2D eigenvalue weighted by Crippen LogP contribution is -2.40. The van der Waals surface area contributed by atoms with Gasteiger partial charge in [-0.1, -0.05) is 19.4 Å². The third-order valence-electron chi connectivity index (χ3n) is 4.55. The molecular weight excluding hydrogens is 356 g/mol. The molecule has 0 atom stereocenters. The summed E-state index contributed by atoms with van der Waals surface area (Å²) in [6, 6.07) is 14.1. The summed E-state index contributed by atoms with van der Waals surface area (Å²) in [5, 5.41) is 2.85. The maximum Gasteiger partial charge on any atom is 0.255 e. The van der Waals surface area contributed by atoms with Crippen molar-refractivity contribution < 1.29 is 19.1 Å². The van der Waals surface area contributed by atoms with Crippen LogP contribution in [0.2, 0.25) is 0 Å². The Morgan fingerprint density at radius 2 is 1.82 bits per heavy atom. The van der Waals surface area contributed by atoms with E-state index in [0.717, 1.165) is 18.6 Å². The number of rotatable bonds is 7. The molecular formula is C22H26N2O4. The molecule has 0 radical (unpaired) electrons. The number of anilines is 1. The van der Waals surface area contributed by atoms with E-state index in [1.165, 1.54) is 0 Å². The summed E-state index contributed by atoms with van der Waals surface area (Å²) < 4.78 is 10.9. The van der Waals surface area contributed by atoms with Crippen LogP contribution in [0, 0.1) is 0 Å². The highest BCUT2D eigenvalue weighted by Gasteiger charge is 2.19. The van der Waals surface area contributed by atoms with E-state index < -0.39 is 0 Å². The van der Waals surface area contributed by atoms with Gasteiger partial charge in [0.1, 0.15) is 5.75 Å². The Bertz CT molecular complexity index is 798. The molecule has 2 aromatic rings. The molecule has 1 N–H and O–H groups in total. The monoisotopic (exact) mass is 382 g/mol. The summed E-state index contributed by atoms with van der Waals surface area (Å²) >= 11 is 0. The van der Waals surface area contributed by atoms with Crippen LogP contribution in [0.3, 0.4) is 0 Å². The van der Waals surface area contributed by atoms with Gasteiger partial charge in [-0.15, -0.1) is 0 Å². The maximum absolute atomic E-state index is 12.6. The van der Waals surface area contributed by atoms with E-state index in [1.54, 1.807) is 53.4 Å². The van der Waals surface area contributed by atoms with Gasteiger partial charge in [0.15, 0.2) is 0 Å². The third kappa shape index (κ3) is 5.33. The van der Waals surface area contributed by atoms with Crippen LogP contribution in [0.1, 0.15) is 40.5 Å². The van der Waals surface area contributed by atoms with Gasteiger partial charge in [0.25, 0.3) is 11.8 Å². The van der Waals surface area contributed by atoms with Crippen LogP contribution in [0.15, 0.2) is 48.5 Å². The average molecular weight is 382 g/mol. The predicted molar refractivity (Wildman–Crippen MR) is 108 cm³/mol. The Morgan fingerprint density at radius 1 is 1.07 bits per heavy atom. The number of nitrogens with zero attached hydrogens (tertiary/aromatic N) is 1. The van der Waals surface area contributed by atoms with Gasteiger partial charge in [0.2, 0.25) is 0 Å². The van der Waals surface area contributed by atoms with Crippen molar-refractivity contribution in [3.63, 3.8) is 0 Å². The van der Waals surface area contributed by atoms with E-state index in [2.05, 4.69) is 12.2 Å². The van der Waals surface area contributed by atoms with Gasteiger partial charge in [-0.25, -0.2) is 0 Å². The van der Waals surface area contributed by atoms with E-state index in [9.17, 15) is 9.59 Å². The molecule has 2 amide bonds. The molecule has 0 aliphatic carbocycles. The van der Waals surface area contributed by atoms with Crippen molar-refractivity contribution >= 4 is 17.5 Å². The normalized spacial score (nSPS) is 13.8. The largest absolute Gasteiger partial charge is 0.494 e. The lowest BCUT2D eigenvalue weighted by atomic mass is 10.1. The Balaban J connectivity index is 1.61. The van der Waals surface area contributed by atoms with Gasteiger partial charge >= 0.3 is 0 Å². The SMILES string of the molecule is CCCCOc1ccc(C(=O)Nc2cccc(C(=O)N3CCOCC3)c2)cc1. The molecule has 1 aliphatic rings. The van der Waals surface area contributed by atoms with E-state index in [4.69, 9.17) is 9.47 Å². The third-order valence-corrected chi connectivity index (χ3v) is 4.55. The first-order chi connectivity index (χ1) is 13.7. The molecule has 3 rings (SSSR count). The van der Waals surface area contributed by atoms with Gasteiger partial charge in [0, 0.05) is 29.9 Å². The molecule has 28 heavy (non-hydrogen) atoms. The minimum atomic E-state index is -0.226. The predicted octanol–water partition coefficient (Wildman–Crippen LogP) is 3.59. The number of hydrogen-bond donors (Lipinski definition) is 1. The van der Waals surface area contributed by atoms with Crippen LogP contribution in [-0.4, -0.2) is 49.6 Å². The highest BCUT2D eigenvalue weighted by molar-refractivity contribution is 6.05. The second-order valence-corrected chi connectivity index (χ2v) is 6.67. The summed E-state index contributed by atoms with van der Waals surface area (Å²) in [5.41, 5.74) is 1.68. The zero-order valence-corrected chi connectivity index (χ0v) is 16.1. The number of benzene rings is 2. The molecule has 0 bridgehead atoms. The molecule has 0 unspecified atom stereocenters. The molecule has 0 saturated carbocycles. The Morgan fingerprint density at radius 3 is 2.54 bits per heavy atom. The number of carbonyl (C=O) groups is 2. The minimum absolute atomic E-state index is 0.0482. The molecule has 1 heterocycles. The number of amides is 2.